The van der Waals surface area contributed by atoms with Crippen LogP contribution in [0.25, 0.3) is 0 Å². The van der Waals surface area contributed by atoms with Crippen LogP contribution in [0.4, 0.5) is 9.80 Å². The van der Waals surface area contributed by atoms with Crippen molar-refractivity contribution in [3.8, 4) is 0 Å². The number of hydrogen-bond donors (Lipinski definition) is 1. The van der Waals surface area contributed by atoms with Gasteiger partial charge in [0.25, 0.3) is 5.91 Å². The molecule has 190 valence electrons. The van der Waals surface area contributed by atoms with Gasteiger partial charge in [0.05, 0.1) is 31.2 Å². The molecule has 1 aliphatic heterocycles. The molecule has 0 saturated carbocycles. The van der Waals surface area contributed by atoms with Gasteiger partial charge < -0.3 is 19.7 Å². The first-order valence-electron chi connectivity index (χ1n) is 11.1. The smallest absolute Gasteiger partial charge is 0.409 e. The second kappa shape index (κ2) is 11.2. The lowest BCUT2D eigenvalue weighted by Gasteiger charge is -2.25. The number of unbranched alkanes of at least 4 members (excludes halogenated alkanes) is 1. The van der Waals surface area contributed by atoms with Gasteiger partial charge in [0.1, 0.15) is 5.00 Å². The highest BCUT2D eigenvalue weighted by Crippen LogP contribution is 2.38. The second-order valence-electron chi connectivity index (χ2n) is 8.00. The summed E-state index contributed by atoms with van der Waals surface area (Å²) in [6.07, 6.45) is 1.57. The fraction of sp³-hybridized carbons (Fsp3) is 0.435. The van der Waals surface area contributed by atoms with Crippen molar-refractivity contribution in [1.82, 2.24) is 9.21 Å². The third-order valence-electron chi connectivity index (χ3n) is 5.76. The number of nitrogens with one attached hydrogen (secondary N) is 1. The maximum Gasteiger partial charge on any atom is 0.409 e. The Labute approximate surface area is 208 Å². The number of carbonyl (C=O) groups is 3. The van der Waals surface area contributed by atoms with E-state index in [9.17, 15) is 22.8 Å². The molecule has 10 nitrogen and oxygen atoms in total. The van der Waals surface area contributed by atoms with Gasteiger partial charge >= 0.3 is 12.1 Å². The minimum Gasteiger partial charge on any atom is -0.465 e. The molecule has 0 spiro atoms. The molecule has 2 aromatic rings. The zero-order valence-corrected chi connectivity index (χ0v) is 21.8. The number of benzene rings is 1. The summed E-state index contributed by atoms with van der Waals surface area (Å²) in [5, 5.41) is 3.06. The molecule has 0 radical (unpaired) electrons. The van der Waals surface area contributed by atoms with Crippen LogP contribution in [0.5, 0.6) is 0 Å². The zero-order valence-electron chi connectivity index (χ0n) is 20.1. The molecule has 2 heterocycles. The maximum absolute atomic E-state index is 12.9. The van der Waals surface area contributed by atoms with Crippen molar-refractivity contribution in [2.24, 2.45) is 0 Å². The topological polar surface area (TPSA) is 122 Å². The van der Waals surface area contributed by atoms with Gasteiger partial charge in [-0.2, -0.15) is 0 Å². The van der Waals surface area contributed by atoms with Crippen LogP contribution >= 0.6 is 11.3 Å². The molecule has 12 heteroatoms. The molecule has 0 bridgehead atoms. The van der Waals surface area contributed by atoms with Crippen molar-refractivity contribution in [2.75, 3.05) is 39.7 Å². The number of carbonyl (C=O) groups excluding carboxylic acids is 3. The lowest BCUT2D eigenvalue weighted by Crippen LogP contribution is -2.35. The number of methoxy groups -OCH3 is 2. The number of amides is 2. The van der Waals surface area contributed by atoms with E-state index in [1.54, 1.807) is 0 Å². The summed E-state index contributed by atoms with van der Waals surface area (Å²) in [7, 11) is 0.442. The molecule has 1 aromatic heterocycles. The van der Waals surface area contributed by atoms with Crippen LogP contribution in [0.2, 0.25) is 0 Å². The molecule has 0 unspecified atom stereocenters. The first-order chi connectivity index (χ1) is 16.6. The number of hydrogen-bond acceptors (Lipinski definition) is 8. The van der Waals surface area contributed by atoms with Crippen LogP contribution in [-0.2, 0) is 32.5 Å². The Morgan fingerprint density at radius 1 is 1.14 bits per heavy atom. The number of anilines is 1. The lowest BCUT2D eigenvalue weighted by molar-refractivity contribution is 0.0600. The van der Waals surface area contributed by atoms with Crippen molar-refractivity contribution in [2.45, 2.75) is 37.6 Å². The van der Waals surface area contributed by atoms with Gasteiger partial charge in [-0.3, -0.25) is 4.79 Å². The summed E-state index contributed by atoms with van der Waals surface area (Å²) >= 11 is 1.19. The number of thiophene rings is 1. The van der Waals surface area contributed by atoms with E-state index in [0.29, 0.717) is 24.5 Å². The number of rotatable bonds is 8. The van der Waals surface area contributed by atoms with Crippen molar-refractivity contribution in [1.29, 1.82) is 0 Å². The highest BCUT2D eigenvalue weighted by molar-refractivity contribution is 7.89. The predicted octanol–water partition coefficient (Wildman–Crippen LogP) is 3.33. The molecular formula is C23H29N3O7S2. The molecule has 0 atom stereocenters. The normalized spacial score (nSPS) is 13.3. The molecule has 3 rings (SSSR count). The van der Waals surface area contributed by atoms with Crippen LogP contribution < -0.4 is 5.32 Å². The Balaban J connectivity index is 1.83. The van der Waals surface area contributed by atoms with E-state index in [2.05, 4.69) is 5.32 Å². The van der Waals surface area contributed by atoms with Crippen LogP contribution in [0, 0.1) is 0 Å². The first kappa shape index (κ1) is 26.6. The van der Waals surface area contributed by atoms with E-state index in [1.165, 1.54) is 66.1 Å². The van der Waals surface area contributed by atoms with Gasteiger partial charge in [0.15, 0.2) is 0 Å². The molecule has 0 fully saturated rings. The van der Waals surface area contributed by atoms with Gasteiger partial charge in [0, 0.05) is 30.6 Å². The quantitative estimate of drug-likeness (QED) is 0.527. The number of nitrogens with zero attached hydrogens (tertiary/aromatic N) is 2. The van der Waals surface area contributed by atoms with Gasteiger partial charge in [-0.15, -0.1) is 11.3 Å². The highest BCUT2D eigenvalue weighted by atomic mass is 32.2. The molecule has 1 N–H and O–H groups in total. The van der Waals surface area contributed by atoms with Gasteiger partial charge in [-0.1, -0.05) is 13.3 Å². The molecule has 1 aliphatic rings. The first-order valence-corrected chi connectivity index (χ1v) is 13.3. The van der Waals surface area contributed by atoms with Crippen molar-refractivity contribution >= 4 is 44.3 Å². The van der Waals surface area contributed by atoms with Crippen LogP contribution in [0.3, 0.4) is 0 Å². The van der Waals surface area contributed by atoms with Crippen molar-refractivity contribution in [3.05, 3.63) is 45.8 Å². The third-order valence-corrected chi connectivity index (χ3v) is 8.76. The highest BCUT2D eigenvalue weighted by Gasteiger charge is 2.31. The Morgan fingerprint density at radius 3 is 2.43 bits per heavy atom. The Kier molecular flexibility index (Phi) is 8.51. The monoisotopic (exact) mass is 523 g/mol. The van der Waals surface area contributed by atoms with E-state index in [4.69, 9.17) is 9.47 Å². The summed E-state index contributed by atoms with van der Waals surface area (Å²) < 4.78 is 36.4. The average Bonchev–Trinajstić information content (AvgIpc) is 3.22. The number of fused-ring (bicyclic) bond motifs is 1. The third kappa shape index (κ3) is 5.65. The molecule has 2 amide bonds. The molecule has 0 saturated heterocycles. The minimum atomic E-state index is -3.65. The average molecular weight is 524 g/mol. The fourth-order valence-electron chi connectivity index (χ4n) is 3.73. The number of esters is 1. The second-order valence-corrected chi connectivity index (χ2v) is 11.1. The van der Waals surface area contributed by atoms with E-state index >= 15 is 0 Å². The Hall–Kier alpha value is -2.96. The standard InChI is InChI=1S/C23H29N3O7S2/c1-5-6-12-25(2)35(30,31)16-9-7-15(8-10-16)20(27)24-21-19(22(28)32-3)17-11-13-26(23(29)33-4)14-18(17)34-21/h7-10H,5-6,11-14H2,1-4H3,(H,24,27). The summed E-state index contributed by atoms with van der Waals surface area (Å²) in [5.41, 5.74) is 1.23. The van der Waals surface area contributed by atoms with Crippen LogP contribution in [0.1, 0.15) is 50.9 Å². The molecule has 35 heavy (non-hydrogen) atoms. The van der Waals surface area contributed by atoms with Crippen molar-refractivity contribution in [3.63, 3.8) is 0 Å². The minimum absolute atomic E-state index is 0.0948. The maximum atomic E-state index is 12.9. The Morgan fingerprint density at radius 2 is 1.83 bits per heavy atom. The van der Waals surface area contributed by atoms with Gasteiger partial charge in [-0.25, -0.2) is 22.3 Å². The largest absolute Gasteiger partial charge is 0.465 e. The Bertz CT molecular complexity index is 1210. The number of ether oxygens (including phenoxy) is 2. The van der Waals surface area contributed by atoms with Gasteiger partial charge in [0.2, 0.25) is 10.0 Å². The van der Waals surface area contributed by atoms with E-state index in [0.717, 1.165) is 23.3 Å². The summed E-state index contributed by atoms with van der Waals surface area (Å²) in [6.45, 7) is 3.02. The number of sulfonamides is 1. The van der Waals surface area contributed by atoms with Crippen LogP contribution in [-0.4, -0.2) is 69.9 Å². The molecule has 0 aliphatic carbocycles. The van der Waals surface area contributed by atoms with E-state index in [1.807, 2.05) is 6.92 Å². The zero-order chi connectivity index (χ0) is 25.8. The summed E-state index contributed by atoms with van der Waals surface area (Å²) in [4.78, 5) is 39.7. The SMILES string of the molecule is CCCCN(C)S(=O)(=O)c1ccc(C(=O)Nc2sc3c(c2C(=O)OC)CCN(C(=O)OC)C3)cc1. The van der Waals surface area contributed by atoms with Gasteiger partial charge in [-0.05, 0) is 42.7 Å². The van der Waals surface area contributed by atoms with Crippen molar-refractivity contribution < 1.29 is 32.3 Å². The molecule has 1 aromatic carbocycles. The van der Waals surface area contributed by atoms with Crippen LogP contribution in [0.15, 0.2) is 29.2 Å². The summed E-state index contributed by atoms with van der Waals surface area (Å²) in [6, 6.07) is 5.64. The lowest BCUT2D eigenvalue weighted by atomic mass is 10.0. The molecular weight excluding hydrogens is 494 g/mol. The van der Waals surface area contributed by atoms with E-state index in [-0.39, 0.29) is 22.6 Å². The fourth-order valence-corrected chi connectivity index (χ4v) is 6.18. The summed E-state index contributed by atoms with van der Waals surface area (Å²) in [5.74, 6) is -1.08. The predicted molar refractivity (Wildman–Crippen MR) is 131 cm³/mol. The van der Waals surface area contributed by atoms with E-state index < -0.39 is 28.0 Å².